The minimum Gasteiger partial charge on any atom is -0.455 e. The first kappa shape index (κ1) is 20.0. The van der Waals surface area contributed by atoms with Crippen LogP contribution in [-0.4, -0.2) is 12.5 Å². The quantitative estimate of drug-likeness (QED) is 0.643. The summed E-state index contributed by atoms with van der Waals surface area (Å²) in [4.78, 5) is 12.1. The van der Waals surface area contributed by atoms with Gasteiger partial charge in [0.05, 0.1) is 5.69 Å². The summed E-state index contributed by atoms with van der Waals surface area (Å²) in [5.74, 6) is 1.41. The van der Waals surface area contributed by atoms with Crippen LogP contribution in [0.25, 0.3) is 0 Å². The van der Waals surface area contributed by atoms with Gasteiger partial charge in [-0.25, -0.2) is 0 Å². The lowest BCUT2D eigenvalue weighted by atomic mass is 10.1. The molecule has 0 bridgehead atoms. The van der Waals surface area contributed by atoms with Crippen LogP contribution in [0.1, 0.15) is 32.1 Å². The molecule has 4 nitrogen and oxygen atoms in total. The second-order valence-corrected chi connectivity index (χ2v) is 5.41. The average molecular weight is 349 g/mol. The van der Waals surface area contributed by atoms with Gasteiger partial charge in [0, 0.05) is 6.42 Å². The lowest BCUT2D eigenvalue weighted by molar-refractivity contribution is -0.116. The largest absolute Gasteiger partial charge is 0.455 e. The van der Waals surface area contributed by atoms with Gasteiger partial charge in [-0.3, -0.25) is 4.79 Å². The van der Waals surface area contributed by atoms with E-state index in [4.69, 9.17) is 10.5 Å². The molecule has 3 N–H and O–H groups in total. The van der Waals surface area contributed by atoms with E-state index < -0.39 is 0 Å². The monoisotopic (exact) mass is 348 g/mol. The number of benzene rings is 2. The Hall–Kier alpha value is -2.04. The van der Waals surface area contributed by atoms with Crippen LogP contribution in [0.2, 0.25) is 0 Å². The molecule has 0 spiro atoms. The first-order chi connectivity index (χ1) is 11.3. The number of carbonyl (C=O) groups excluding carboxylic acids is 1. The Labute approximate surface area is 149 Å². The highest BCUT2D eigenvalue weighted by Gasteiger charge is 2.08. The maximum atomic E-state index is 12.1. The number of hydrogen-bond donors (Lipinski definition) is 2. The van der Waals surface area contributed by atoms with Gasteiger partial charge in [0.1, 0.15) is 5.75 Å². The van der Waals surface area contributed by atoms with Crippen molar-refractivity contribution in [3.63, 3.8) is 0 Å². The Morgan fingerprint density at radius 1 is 0.917 bits per heavy atom. The van der Waals surface area contributed by atoms with Gasteiger partial charge >= 0.3 is 0 Å². The van der Waals surface area contributed by atoms with E-state index in [2.05, 4.69) is 5.32 Å². The molecule has 2 aromatic rings. The smallest absolute Gasteiger partial charge is 0.224 e. The van der Waals surface area contributed by atoms with Crippen molar-refractivity contribution in [2.24, 2.45) is 5.73 Å². The van der Waals surface area contributed by atoms with Crippen LogP contribution >= 0.6 is 12.4 Å². The normalized spacial score (nSPS) is 9.88. The number of rotatable bonds is 9. The van der Waals surface area contributed by atoms with Gasteiger partial charge in [-0.1, -0.05) is 43.2 Å². The van der Waals surface area contributed by atoms with Gasteiger partial charge in [-0.05, 0) is 43.7 Å². The van der Waals surface area contributed by atoms with Gasteiger partial charge in [0.2, 0.25) is 5.91 Å². The van der Waals surface area contributed by atoms with Gasteiger partial charge in [-0.15, -0.1) is 12.4 Å². The van der Waals surface area contributed by atoms with Gasteiger partial charge in [0.25, 0.3) is 0 Å². The number of nitrogens with two attached hydrogens (primary N) is 1. The summed E-state index contributed by atoms with van der Waals surface area (Å²) in [6.45, 7) is 0.719. The molecular formula is C19H25ClN2O2. The van der Waals surface area contributed by atoms with Crippen molar-refractivity contribution in [2.75, 3.05) is 11.9 Å². The number of hydrogen-bond acceptors (Lipinski definition) is 3. The summed E-state index contributed by atoms with van der Waals surface area (Å²) in [5, 5.41) is 2.93. The molecule has 0 radical (unpaired) electrons. The average Bonchev–Trinajstić information content (AvgIpc) is 2.57. The van der Waals surface area contributed by atoms with Crippen molar-refractivity contribution in [2.45, 2.75) is 32.1 Å². The van der Waals surface area contributed by atoms with Crippen molar-refractivity contribution >= 4 is 24.0 Å². The zero-order valence-corrected chi connectivity index (χ0v) is 14.6. The molecule has 1 amide bonds. The topological polar surface area (TPSA) is 64.4 Å². The molecule has 24 heavy (non-hydrogen) atoms. The number of amides is 1. The fourth-order valence-corrected chi connectivity index (χ4v) is 2.27. The van der Waals surface area contributed by atoms with Gasteiger partial charge in [-0.2, -0.15) is 0 Å². The zero-order valence-electron chi connectivity index (χ0n) is 13.7. The van der Waals surface area contributed by atoms with E-state index in [-0.39, 0.29) is 18.3 Å². The number of ether oxygens (including phenoxy) is 1. The fourth-order valence-electron chi connectivity index (χ4n) is 2.27. The number of para-hydroxylation sites is 3. The van der Waals surface area contributed by atoms with Crippen LogP contribution in [0, 0.1) is 0 Å². The van der Waals surface area contributed by atoms with Crippen LogP contribution in [-0.2, 0) is 4.79 Å². The molecule has 0 aromatic heterocycles. The summed E-state index contributed by atoms with van der Waals surface area (Å²) in [6.07, 6.45) is 4.54. The molecule has 0 saturated carbocycles. The summed E-state index contributed by atoms with van der Waals surface area (Å²) >= 11 is 0. The van der Waals surface area contributed by atoms with Crippen molar-refractivity contribution < 1.29 is 9.53 Å². The number of carbonyl (C=O) groups is 1. The standard InChI is InChI=1S/C19H24N2O2.ClH/c20-15-9-2-1-6-14-19(22)21-17-12-7-8-13-18(17)23-16-10-4-3-5-11-16;/h3-5,7-8,10-13H,1-2,6,9,14-15,20H2,(H,21,22);1H. The van der Waals surface area contributed by atoms with Gasteiger partial charge in [0.15, 0.2) is 5.75 Å². The van der Waals surface area contributed by atoms with E-state index in [1.807, 2.05) is 54.6 Å². The Kier molecular flexibility index (Phi) is 9.58. The van der Waals surface area contributed by atoms with Crippen LogP contribution < -0.4 is 15.8 Å². The highest BCUT2D eigenvalue weighted by Crippen LogP contribution is 2.29. The Balaban J connectivity index is 0.00000288. The molecule has 0 aliphatic rings. The summed E-state index contributed by atoms with van der Waals surface area (Å²) in [6, 6.07) is 17.0. The van der Waals surface area contributed by atoms with Crippen molar-refractivity contribution in [1.29, 1.82) is 0 Å². The second kappa shape index (κ2) is 11.5. The molecule has 0 unspecified atom stereocenters. The minimum absolute atomic E-state index is 0. The third-order valence-electron chi connectivity index (χ3n) is 3.49. The SMILES string of the molecule is Cl.NCCCCCCC(=O)Nc1ccccc1Oc1ccccc1. The van der Waals surface area contributed by atoms with Crippen LogP contribution in [0.4, 0.5) is 5.69 Å². The molecule has 0 aliphatic heterocycles. The predicted molar refractivity (Wildman–Crippen MR) is 101 cm³/mol. The number of nitrogens with one attached hydrogen (secondary N) is 1. The second-order valence-electron chi connectivity index (χ2n) is 5.41. The number of unbranched alkanes of at least 4 members (excludes halogenated alkanes) is 3. The molecule has 5 heteroatoms. The zero-order chi connectivity index (χ0) is 16.3. The molecule has 130 valence electrons. The van der Waals surface area contributed by atoms with Crippen molar-refractivity contribution in [1.82, 2.24) is 0 Å². The number of anilines is 1. The van der Waals surface area contributed by atoms with Crippen LogP contribution in [0.5, 0.6) is 11.5 Å². The molecule has 0 fully saturated rings. The summed E-state index contributed by atoms with van der Waals surface area (Å²) in [5.41, 5.74) is 6.16. The molecule has 2 rings (SSSR count). The maximum Gasteiger partial charge on any atom is 0.224 e. The molecule has 2 aromatic carbocycles. The van der Waals surface area contributed by atoms with E-state index >= 15 is 0 Å². The first-order valence-electron chi connectivity index (χ1n) is 8.11. The van der Waals surface area contributed by atoms with Crippen molar-refractivity contribution in [3.05, 3.63) is 54.6 Å². The molecular weight excluding hydrogens is 324 g/mol. The summed E-state index contributed by atoms with van der Waals surface area (Å²) in [7, 11) is 0. The molecule has 0 heterocycles. The molecule has 0 saturated heterocycles. The minimum atomic E-state index is 0. The fraction of sp³-hybridized carbons (Fsp3) is 0.316. The van der Waals surface area contributed by atoms with Crippen LogP contribution in [0.3, 0.4) is 0 Å². The Morgan fingerprint density at radius 3 is 2.33 bits per heavy atom. The highest BCUT2D eigenvalue weighted by atomic mass is 35.5. The molecule has 0 aliphatic carbocycles. The van der Waals surface area contributed by atoms with Crippen molar-refractivity contribution in [3.8, 4) is 11.5 Å². The third-order valence-corrected chi connectivity index (χ3v) is 3.49. The van der Waals surface area contributed by atoms with E-state index in [0.29, 0.717) is 17.9 Å². The Bertz CT molecular complexity index is 605. The van der Waals surface area contributed by atoms with E-state index in [0.717, 1.165) is 38.0 Å². The van der Waals surface area contributed by atoms with Crippen LogP contribution in [0.15, 0.2) is 54.6 Å². The van der Waals surface area contributed by atoms with E-state index in [9.17, 15) is 4.79 Å². The lowest BCUT2D eigenvalue weighted by Crippen LogP contribution is -2.11. The maximum absolute atomic E-state index is 12.1. The predicted octanol–water partition coefficient (Wildman–Crippen LogP) is 4.75. The number of halogens is 1. The lowest BCUT2D eigenvalue weighted by Gasteiger charge is -2.12. The Morgan fingerprint density at radius 2 is 1.58 bits per heavy atom. The molecule has 0 atom stereocenters. The van der Waals surface area contributed by atoms with Gasteiger partial charge < -0.3 is 15.8 Å². The first-order valence-corrected chi connectivity index (χ1v) is 8.11. The highest BCUT2D eigenvalue weighted by molar-refractivity contribution is 5.92. The summed E-state index contributed by atoms with van der Waals surface area (Å²) < 4.78 is 5.84. The van der Waals surface area contributed by atoms with E-state index in [1.54, 1.807) is 0 Å². The van der Waals surface area contributed by atoms with E-state index in [1.165, 1.54) is 0 Å². The third kappa shape index (κ3) is 7.02.